The summed E-state index contributed by atoms with van der Waals surface area (Å²) in [5.41, 5.74) is 4.92. The monoisotopic (exact) mass is 278 g/mol. The molecule has 0 saturated heterocycles. The molecule has 0 amide bonds. The molecule has 0 aliphatic rings. The van der Waals surface area contributed by atoms with E-state index < -0.39 is 0 Å². The first-order valence-electron chi connectivity index (χ1n) is 5.29. The molecule has 0 aliphatic heterocycles. The summed E-state index contributed by atoms with van der Waals surface area (Å²) in [6.45, 7) is 3.00. The third-order valence-corrected chi connectivity index (χ3v) is 3.12. The lowest BCUT2D eigenvalue weighted by Gasteiger charge is -1.98. The zero-order valence-corrected chi connectivity index (χ0v) is 11.1. The van der Waals surface area contributed by atoms with Crippen molar-refractivity contribution in [1.82, 2.24) is 10.3 Å². The first-order valence-corrected chi connectivity index (χ1v) is 6.09. The van der Waals surface area contributed by atoms with E-state index in [-0.39, 0.29) is 0 Å². The molecule has 1 aromatic carbocycles. The molecule has 2 nitrogen and oxygen atoms in total. The van der Waals surface area contributed by atoms with Gasteiger partial charge in [-0.05, 0) is 43.3 Å². The van der Waals surface area contributed by atoms with E-state index in [0.29, 0.717) is 0 Å². The third kappa shape index (κ3) is 2.36. The second-order valence-corrected chi connectivity index (χ2v) is 4.79. The van der Waals surface area contributed by atoms with Gasteiger partial charge in [-0.1, -0.05) is 28.1 Å². The zero-order valence-electron chi connectivity index (χ0n) is 9.47. The van der Waals surface area contributed by atoms with Gasteiger partial charge in [0.25, 0.3) is 0 Å². The van der Waals surface area contributed by atoms with Gasteiger partial charge in [-0.3, -0.25) is 0 Å². The van der Waals surface area contributed by atoms with Crippen molar-refractivity contribution in [3.05, 3.63) is 46.1 Å². The summed E-state index contributed by atoms with van der Waals surface area (Å²) in [5, 5.41) is 3.17. The molecule has 0 atom stereocenters. The molecule has 0 fully saturated rings. The van der Waals surface area contributed by atoms with Gasteiger partial charge in [0, 0.05) is 22.4 Å². The molecule has 2 N–H and O–H groups in total. The second-order valence-electron chi connectivity index (χ2n) is 3.87. The van der Waals surface area contributed by atoms with Crippen molar-refractivity contribution in [2.45, 2.75) is 13.5 Å². The highest BCUT2D eigenvalue weighted by Crippen LogP contribution is 2.24. The van der Waals surface area contributed by atoms with Gasteiger partial charge < -0.3 is 10.3 Å². The Labute approximate surface area is 104 Å². The van der Waals surface area contributed by atoms with Crippen LogP contribution in [0.2, 0.25) is 0 Å². The number of benzene rings is 1. The minimum absolute atomic E-state index is 0.899. The Kier molecular flexibility index (Phi) is 3.46. The summed E-state index contributed by atoms with van der Waals surface area (Å²) >= 11 is 3.49. The van der Waals surface area contributed by atoms with Crippen LogP contribution in [0.5, 0.6) is 0 Å². The van der Waals surface area contributed by atoms with Crippen LogP contribution in [0.15, 0.2) is 34.8 Å². The standard InChI is InChI=1S/C13H15BrN2/c1-9-11(8-15-2)7-13(16-9)10-4-3-5-12(14)6-10/h3-7,15-16H,8H2,1-2H3. The number of H-pyrrole nitrogens is 1. The fourth-order valence-corrected chi connectivity index (χ4v) is 2.19. The Bertz CT molecular complexity index is 488. The van der Waals surface area contributed by atoms with Crippen LogP contribution < -0.4 is 5.32 Å². The Morgan fingerprint density at radius 2 is 2.12 bits per heavy atom. The van der Waals surface area contributed by atoms with E-state index in [2.05, 4.69) is 51.4 Å². The van der Waals surface area contributed by atoms with Crippen LogP contribution in [0.4, 0.5) is 0 Å². The normalized spacial score (nSPS) is 10.7. The number of hydrogen-bond donors (Lipinski definition) is 2. The van der Waals surface area contributed by atoms with Crippen molar-refractivity contribution < 1.29 is 0 Å². The van der Waals surface area contributed by atoms with E-state index in [1.807, 2.05) is 19.2 Å². The number of nitrogens with one attached hydrogen (secondary N) is 2. The summed E-state index contributed by atoms with van der Waals surface area (Å²) in [6, 6.07) is 10.5. The average Bonchev–Trinajstić information content (AvgIpc) is 2.61. The first kappa shape index (κ1) is 11.4. The fraction of sp³-hybridized carbons (Fsp3) is 0.231. The smallest absolute Gasteiger partial charge is 0.0459 e. The topological polar surface area (TPSA) is 27.8 Å². The van der Waals surface area contributed by atoms with Gasteiger partial charge >= 0.3 is 0 Å². The Morgan fingerprint density at radius 1 is 1.31 bits per heavy atom. The van der Waals surface area contributed by atoms with Crippen molar-refractivity contribution in [3.63, 3.8) is 0 Å². The summed E-state index contributed by atoms with van der Waals surface area (Å²) in [4.78, 5) is 3.41. The molecule has 0 bridgehead atoms. The summed E-state index contributed by atoms with van der Waals surface area (Å²) < 4.78 is 1.10. The largest absolute Gasteiger partial charge is 0.358 e. The van der Waals surface area contributed by atoms with Crippen LogP contribution in [0.1, 0.15) is 11.3 Å². The highest BCUT2D eigenvalue weighted by molar-refractivity contribution is 9.10. The number of aromatic amines is 1. The van der Waals surface area contributed by atoms with E-state index in [0.717, 1.165) is 11.0 Å². The predicted octanol–water partition coefficient (Wildman–Crippen LogP) is 3.47. The highest BCUT2D eigenvalue weighted by atomic mass is 79.9. The molecular weight excluding hydrogens is 264 g/mol. The number of halogens is 1. The Hall–Kier alpha value is -1.06. The van der Waals surface area contributed by atoms with Gasteiger partial charge in [-0.15, -0.1) is 0 Å². The van der Waals surface area contributed by atoms with Gasteiger partial charge in [0.1, 0.15) is 0 Å². The molecule has 84 valence electrons. The maximum absolute atomic E-state index is 3.49. The second kappa shape index (κ2) is 4.85. The van der Waals surface area contributed by atoms with Crippen molar-refractivity contribution in [1.29, 1.82) is 0 Å². The predicted molar refractivity (Wildman–Crippen MR) is 71.4 cm³/mol. The van der Waals surface area contributed by atoms with Crippen LogP contribution in [-0.4, -0.2) is 12.0 Å². The molecule has 1 aromatic heterocycles. The van der Waals surface area contributed by atoms with E-state index in [9.17, 15) is 0 Å². The Morgan fingerprint density at radius 3 is 2.81 bits per heavy atom. The molecule has 0 aliphatic carbocycles. The van der Waals surface area contributed by atoms with Gasteiger partial charge in [-0.25, -0.2) is 0 Å². The molecule has 0 unspecified atom stereocenters. The van der Waals surface area contributed by atoms with Gasteiger partial charge in [0.15, 0.2) is 0 Å². The van der Waals surface area contributed by atoms with Crippen LogP contribution in [-0.2, 0) is 6.54 Å². The summed E-state index contributed by atoms with van der Waals surface area (Å²) in [7, 11) is 1.96. The minimum atomic E-state index is 0.899. The van der Waals surface area contributed by atoms with Crippen LogP contribution in [0, 0.1) is 6.92 Å². The number of aryl methyl sites for hydroxylation is 1. The molecule has 0 spiro atoms. The number of rotatable bonds is 3. The lowest BCUT2D eigenvalue weighted by molar-refractivity contribution is 0.812. The molecule has 16 heavy (non-hydrogen) atoms. The highest BCUT2D eigenvalue weighted by Gasteiger charge is 2.05. The molecule has 0 saturated carbocycles. The minimum Gasteiger partial charge on any atom is -0.358 e. The molecule has 2 rings (SSSR count). The lowest BCUT2D eigenvalue weighted by Crippen LogP contribution is -2.04. The Balaban J connectivity index is 2.37. The number of aromatic nitrogens is 1. The van der Waals surface area contributed by atoms with Crippen LogP contribution in [0.25, 0.3) is 11.3 Å². The number of hydrogen-bond acceptors (Lipinski definition) is 1. The van der Waals surface area contributed by atoms with Gasteiger partial charge in [0.2, 0.25) is 0 Å². The molecule has 2 aromatic rings. The third-order valence-electron chi connectivity index (χ3n) is 2.63. The van der Waals surface area contributed by atoms with Gasteiger partial charge in [0.05, 0.1) is 0 Å². The van der Waals surface area contributed by atoms with Gasteiger partial charge in [-0.2, -0.15) is 0 Å². The van der Waals surface area contributed by atoms with E-state index in [4.69, 9.17) is 0 Å². The van der Waals surface area contributed by atoms with E-state index in [1.165, 1.54) is 22.5 Å². The van der Waals surface area contributed by atoms with Crippen LogP contribution >= 0.6 is 15.9 Å². The summed E-state index contributed by atoms with van der Waals surface area (Å²) in [6.07, 6.45) is 0. The SMILES string of the molecule is CNCc1cc(-c2cccc(Br)c2)[nH]c1C. The molecule has 0 radical (unpaired) electrons. The molecule has 3 heteroatoms. The zero-order chi connectivity index (χ0) is 11.5. The summed E-state index contributed by atoms with van der Waals surface area (Å²) in [5.74, 6) is 0. The van der Waals surface area contributed by atoms with Crippen molar-refractivity contribution in [3.8, 4) is 11.3 Å². The molecular formula is C13H15BrN2. The quantitative estimate of drug-likeness (QED) is 0.884. The van der Waals surface area contributed by atoms with Crippen molar-refractivity contribution >= 4 is 15.9 Å². The maximum Gasteiger partial charge on any atom is 0.0459 e. The first-order chi connectivity index (χ1) is 7.70. The fourth-order valence-electron chi connectivity index (χ4n) is 1.79. The van der Waals surface area contributed by atoms with Crippen molar-refractivity contribution in [2.24, 2.45) is 0 Å². The van der Waals surface area contributed by atoms with Crippen molar-refractivity contribution in [2.75, 3.05) is 7.05 Å². The van der Waals surface area contributed by atoms with E-state index in [1.54, 1.807) is 0 Å². The maximum atomic E-state index is 3.49. The van der Waals surface area contributed by atoms with Crippen LogP contribution in [0.3, 0.4) is 0 Å². The molecule has 1 heterocycles. The lowest BCUT2D eigenvalue weighted by atomic mass is 10.1. The average molecular weight is 279 g/mol. The van der Waals surface area contributed by atoms with E-state index >= 15 is 0 Å².